The maximum Gasteiger partial charge on any atom is 0.302 e. The van der Waals surface area contributed by atoms with Gasteiger partial charge in [-0.05, 0) is 38.5 Å². The van der Waals surface area contributed by atoms with Gasteiger partial charge in [-0.15, -0.1) is 0 Å². The van der Waals surface area contributed by atoms with Crippen LogP contribution in [0.4, 0.5) is 0 Å². The molecule has 0 N–H and O–H groups in total. The van der Waals surface area contributed by atoms with E-state index in [-0.39, 0.29) is 18.5 Å². The molecule has 5 atom stereocenters. The van der Waals surface area contributed by atoms with Crippen LogP contribution in [0.25, 0.3) is 0 Å². The van der Waals surface area contributed by atoms with Crippen molar-refractivity contribution in [3.05, 3.63) is 11.8 Å². The van der Waals surface area contributed by atoms with Gasteiger partial charge in [-0.3, -0.25) is 4.79 Å². The molecule has 0 amide bonds. The van der Waals surface area contributed by atoms with Gasteiger partial charge in [0.25, 0.3) is 0 Å². The molecule has 0 saturated heterocycles. The molecule has 5 heteroatoms. The topological polar surface area (TPSA) is 54.0 Å². The fourth-order valence-electron chi connectivity index (χ4n) is 3.36. The number of ether oxygens (including phenoxy) is 4. The zero-order valence-electron chi connectivity index (χ0n) is 13.3. The maximum absolute atomic E-state index is 11.0. The Morgan fingerprint density at radius 1 is 1.48 bits per heavy atom. The van der Waals surface area contributed by atoms with Crippen LogP contribution in [0.5, 0.6) is 0 Å². The Labute approximate surface area is 126 Å². The molecule has 1 fully saturated rings. The minimum atomic E-state index is -0.282. The highest BCUT2D eigenvalue weighted by atomic mass is 16.8. The lowest BCUT2D eigenvalue weighted by Crippen LogP contribution is -2.39. The monoisotopic (exact) mass is 298 g/mol. The van der Waals surface area contributed by atoms with Gasteiger partial charge < -0.3 is 18.9 Å². The van der Waals surface area contributed by atoms with Crippen molar-refractivity contribution in [1.82, 2.24) is 0 Å². The van der Waals surface area contributed by atoms with E-state index in [1.165, 1.54) is 6.92 Å². The Morgan fingerprint density at radius 2 is 2.24 bits per heavy atom. The first-order valence-electron chi connectivity index (χ1n) is 7.77. The third-order valence-electron chi connectivity index (χ3n) is 4.37. The van der Waals surface area contributed by atoms with Crippen LogP contribution in [0, 0.1) is 17.8 Å². The summed E-state index contributed by atoms with van der Waals surface area (Å²) in [4.78, 5) is 11.0. The van der Waals surface area contributed by atoms with Crippen LogP contribution in [0.15, 0.2) is 11.8 Å². The van der Waals surface area contributed by atoms with Crippen LogP contribution in [0.3, 0.4) is 0 Å². The minimum Gasteiger partial charge on any atom is -0.472 e. The van der Waals surface area contributed by atoms with Gasteiger partial charge in [0.15, 0.2) is 6.29 Å². The molecule has 1 aliphatic heterocycles. The molecular formula is C16H26O5. The van der Waals surface area contributed by atoms with E-state index in [4.69, 9.17) is 18.9 Å². The predicted molar refractivity (Wildman–Crippen MR) is 77.1 cm³/mol. The second kappa shape index (κ2) is 7.27. The highest BCUT2D eigenvalue weighted by molar-refractivity contribution is 5.66. The first kappa shape index (κ1) is 16.3. The summed E-state index contributed by atoms with van der Waals surface area (Å²) in [6.07, 6.45) is 3.38. The molecule has 4 unspecified atom stereocenters. The highest BCUT2D eigenvalue weighted by Crippen LogP contribution is 2.46. The average Bonchev–Trinajstić information content (AvgIpc) is 2.81. The third kappa shape index (κ3) is 3.98. The van der Waals surface area contributed by atoms with Crippen LogP contribution in [0.1, 0.15) is 40.5 Å². The third-order valence-corrected chi connectivity index (χ3v) is 4.37. The summed E-state index contributed by atoms with van der Waals surface area (Å²) in [5.41, 5.74) is 1.06. The average molecular weight is 298 g/mol. The van der Waals surface area contributed by atoms with Crippen LogP contribution in [-0.4, -0.2) is 31.8 Å². The van der Waals surface area contributed by atoms with E-state index in [1.807, 2.05) is 13.8 Å². The van der Waals surface area contributed by atoms with Crippen LogP contribution >= 0.6 is 0 Å². The molecule has 2 aliphatic rings. The van der Waals surface area contributed by atoms with Crippen molar-refractivity contribution < 1.29 is 23.7 Å². The number of esters is 1. The quantitative estimate of drug-likeness (QED) is 0.557. The SMILES string of the molecule is CCOC(C)OC1OC=C(COC(C)=O)C2CCC(C)[C@@H]12. The lowest BCUT2D eigenvalue weighted by molar-refractivity contribution is -0.250. The molecule has 1 aliphatic carbocycles. The van der Waals surface area contributed by atoms with Crippen molar-refractivity contribution in [2.24, 2.45) is 17.8 Å². The van der Waals surface area contributed by atoms with Crippen molar-refractivity contribution >= 4 is 5.97 Å². The molecule has 0 spiro atoms. The summed E-state index contributed by atoms with van der Waals surface area (Å²) in [7, 11) is 0. The fraction of sp³-hybridized carbons (Fsp3) is 0.812. The second-order valence-corrected chi connectivity index (χ2v) is 5.88. The summed E-state index contributed by atoms with van der Waals surface area (Å²) in [6.45, 7) is 8.42. The molecular weight excluding hydrogens is 272 g/mol. The van der Waals surface area contributed by atoms with Crippen LogP contribution < -0.4 is 0 Å². The van der Waals surface area contributed by atoms with Gasteiger partial charge in [0.05, 0.1) is 6.26 Å². The number of rotatable bonds is 6. The summed E-state index contributed by atoms with van der Waals surface area (Å²) in [5, 5.41) is 0. The predicted octanol–water partition coefficient (Wildman–Crippen LogP) is 2.85. The largest absolute Gasteiger partial charge is 0.472 e. The second-order valence-electron chi connectivity index (χ2n) is 5.88. The number of hydrogen-bond acceptors (Lipinski definition) is 5. The molecule has 1 heterocycles. The standard InChI is InChI=1S/C16H26O5/c1-5-18-12(4)21-16-15-10(2)6-7-14(15)13(9-20-16)8-19-11(3)17/h9-10,12,14-16H,5-8H2,1-4H3/t10?,12?,14?,15-,16?/m1/s1. The molecule has 0 bridgehead atoms. The first-order chi connectivity index (χ1) is 10.0. The summed E-state index contributed by atoms with van der Waals surface area (Å²) in [5.74, 6) is 0.923. The zero-order valence-corrected chi connectivity index (χ0v) is 13.3. The van der Waals surface area contributed by atoms with Gasteiger partial charge in [0.1, 0.15) is 6.61 Å². The first-order valence-corrected chi connectivity index (χ1v) is 7.77. The molecule has 21 heavy (non-hydrogen) atoms. The van der Waals surface area contributed by atoms with E-state index >= 15 is 0 Å². The highest BCUT2D eigenvalue weighted by Gasteiger charge is 2.45. The molecule has 0 aromatic carbocycles. The minimum absolute atomic E-state index is 0.262. The van der Waals surface area contributed by atoms with Crippen molar-refractivity contribution in [2.75, 3.05) is 13.2 Å². The maximum atomic E-state index is 11.0. The van der Waals surface area contributed by atoms with Gasteiger partial charge >= 0.3 is 5.97 Å². The Morgan fingerprint density at radius 3 is 2.90 bits per heavy atom. The molecule has 1 saturated carbocycles. The summed E-state index contributed by atoms with van der Waals surface area (Å²) in [6, 6.07) is 0. The summed E-state index contributed by atoms with van der Waals surface area (Å²) >= 11 is 0. The lowest BCUT2D eigenvalue weighted by Gasteiger charge is -2.36. The van der Waals surface area contributed by atoms with E-state index in [9.17, 15) is 4.79 Å². The van der Waals surface area contributed by atoms with Crippen molar-refractivity contribution in [2.45, 2.75) is 53.1 Å². The fourth-order valence-corrected chi connectivity index (χ4v) is 3.36. The molecule has 0 radical (unpaired) electrons. The molecule has 5 nitrogen and oxygen atoms in total. The van der Waals surface area contributed by atoms with Gasteiger partial charge in [0.2, 0.25) is 6.29 Å². The smallest absolute Gasteiger partial charge is 0.302 e. The molecule has 120 valence electrons. The van der Waals surface area contributed by atoms with Crippen molar-refractivity contribution in [3.63, 3.8) is 0 Å². The zero-order chi connectivity index (χ0) is 15.4. The number of carbonyl (C=O) groups is 1. The lowest BCUT2D eigenvalue weighted by atomic mass is 9.84. The normalized spacial score (nSPS) is 32.9. The Balaban J connectivity index is 2.03. The van der Waals surface area contributed by atoms with E-state index in [0.29, 0.717) is 31.0 Å². The molecule has 0 aromatic heterocycles. The molecule has 2 rings (SSSR count). The van der Waals surface area contributed by atoms with Gasteiger partial charge in [-0.2, -0.15) is 0 Å². The molecule has 0 aromatic rings. The van der Waals surface area contributed by atoms with E-state index in [1.54, 1.807) is 6.26 Å². The van der Waals surface area contributed by atoms with E-state index < -0.39 is 0 Å². The van der Waals surface area contributed by atoms with Gasteiger partial charge in [0, 0.05) is 25.0 Å². The van der Waals surface area contributed by atoms with Crippen LogP contribution in [0.2, 0.25) is 0 Å². The summed E-state index contributed by atoms with van der Waals surface area (Å²) < 4.78 is 22.2. The number of fused-ring (bicyclic) bond motifs is 1. The van der Waals surface area contributed by atoms with E-state index in [2.05, 4.69) is 6.92 Å². The number of hydrogen-bond donors (Lipinski definition) is 0. The van der Waals surface area contributed by atoms with Gasteiger partial charge in [-0.1, -0.05) is 6.92 Å². The number of carbonyl (C=O) groups excluding carboxylic acids is 1. The van der Waals surface area contributed by atoms with Gasteiger partial charge in [-0.25, -0.2) is 0 Å². The van der Waals surface area contributed by atoms with E-state index in [0.717, 1.165) is 18.4 Å². The van der Waals surface area contributed by atoms with Crippen molar-refractivity contribution in [3.8, 4) is 0 Å². The van der Waals surface area contributed by atoms with Crippen molar-refractivity contribution in [1.29, 1.82) is 0 Å². The van der Waals surface area contributed by atoms with Crippen LogP contribution in [-0.2, 0) is 23.7 Å². The Kier molecular flexibility index (Phi) is 5.65. The Hall–Kier alpha value is -1.07. The Bertz CT molecular complexity index is 392.